The third-order valence-corrected chi connectivity index (χ3v) is 4.92. The van der Waals surface area contributed by atoms with Crippen molar-refractivity contribution in [3.05, 3.63) is 18.2 Å². The number of nitrogens with one attached hydrogen (secondary N) is 1. The summed E-state index contributed by atoms with van der Waals surface area (Å²) < 4.78 is 32.0. The van der Waals surface area contributed by atoms with Crippen LogP contribution < -0.4 is 15.2 Å². The normalized spacial score (nSPS) is 13.2. The topological polar surface area (TPSA) is 81.4 Å². The summed E-state index contributed by atoms with van der Waals surface area (Å²) in [6.45, 7) is 2.40. The van der Waals surface area contributed by atoms with Gasteiger partial charge in [0.25, 0.3) is 0 Å². The maximum absolute atomic E-state index is 12.2. The van der Waals surface area contributed by atoms with Gasteiger partial charge in [0.05, 0.1) is 7.11 Å². The van der Waals surface area contributed by atoms with Crippen LogP contribution in [0, 0.1) is 5.92 Å². The summed E-state index contributed by atoms with van der Waals surface area (Å²) in [7, 11) is -2.15. The Morgan fingerprint density at radius 3 is 2.74 bits per heavy atom. The minimum atomic E-state index is -3.57. The van der Waals surface area contributed by atoms with E-state index >= 15 is 0 Å². The van der Waals surface area contributed by atoms with Crippen molar-refractivity contribution in [1.29, 1.82) is 0 Å². The Hall–Kier alpha value is -0.920. The number of benzene rings is 1. The summed E-state index contributed by atoms with van der Waals surface area (Å²) in [5.41, 5.74) is 6.07. The Morgan fingerprint density at radius 1 is 1.47 bits per heavy atom. The molecule has 0 aromatic heterocycles. The van der Waals surface area contributed by atoms with Crippen molar-refractivity contribution in [2.24, 2.45) is 5.92 Å². The van der Waals surface area contributed by atoms with Gasteiger partial charge in [0, 0.05) is 18.3 Å². The van der Waals surface area contributed by atoms with Crippen LogP contribution in [0.15, 0.2) is 23.1 Å². The van der Waals surface area contributed by atoms with Crippen LogP contribution in [0.1, 0.15) is 6.92 Å². The van der Waals surface area contributed by atoms with Gasteiger partial charge in [0.15, 0.2) is 0 Å². The van der Waals surface area contributed by atoms with Crippen molar-refractivity contribution in [3.8, 4) is 5.75 Å². The standard InChI is InChI=1S/C12H20N2O3S2/c1-9(8-18-3)7-14-19(15,16)12-5-4-10(13)6-11(12)17-2/h4-6,9,14H,7-8,13H2,1-3H3. The molecule has 0 fully saturated rings. The van der Waals surface area contributed by atoms with E-state index in [-0.39, 0.29) is 16.6 Å². The maximum Gasteiger partial charge on any atom is 0.244 e. The van der Waals surface area contributed by atoms with Crippen molar-refractivity contribution >= 4 is 27.5 Å². The molecule has 7 heteroatoms. The fraction of sp³-hybridized carbons (Fsp3) is 0.500. The lowest BCUT2D eigenvalue weighted by atomic mass is 10.2. The van der Waals surface area contributed by atoms with Crippen LogP contribution in [-0.4, -0.2) is 34.1 Å². The molecule has 0 spiro atoms. The fourth-order valence-electron chi connectivity index (χ4n) is 1.58. The van der Waals surface area contributed by atoms with Crippen molar-refractivity contribution in [3.63, 3.8) is 0 Å². The smallest absolute Gasteiger partial charge is 0.244 e. The van der Waals surface area contributed by atoms with Crippen LogP contribution in [0.2, 0.25) is 0 Å². The highest BCUT2D eigenvalue weighted by atomic mass is 32.2. The monoisotopic (exact) mass is 304 g/mol. The van der Waals surface area contributed by atoms with Gasteiger partial charge in [-0.1, -0.05) is 6.92 Å². The number of anilines is 1. The number of thioether (sulfide) groups is 1. The highest BCUT2D eigenvalue weighted by molar-refractivity contribution is 7.98. The van der Waals surface area contributed by atoms with Crippen molar-refractivity contribution in [1.82, 2.24) is 4.72 Å². The number of sulfonamides is 1. The van der Waals surface area contributed by atoms with E-state index in [1.165, 1.54) is 19.2 Å². The zero-order valence-corrected chi connectivity index (χ0v) is 13.0. The lowest BCUT2D eigenvalue weighted by molar-refractivity contribution is 0.402. The van der Waals surface area contributed by atoms with Gasteiger partial charge in [-0.2, -0.15) is 11.8 Å². The molecular formula is C12H20N2O3S2. The molecule has 19 heavy (non-hydrogen) atoms. The number of methoxy groups -OCH3 is 1. The third kappa shape index (κ3) is 4.59. The molecule has 0 heterocycles. The summed E-state index contributed by atoms with van der Waals surface area (Å²) in [5.74, 6) is 1.43. The third-order valence-electron chi connectivity index (χ3n) is 2.55. The Labute approximate surface area is 119 Å². The van der Waals surface area contributed by atoms with Gasteiger partial charge in [-0.05, 0) is 30.1 Å². The minimum absolute atomic E-state index is 0.112. The van der Waals surface area contributed by atoms with Gasteiger partial charge >= 0.3 is 0 Å². The molecule has 1 rings (SSSR count). The number of hydrogen-bond donors (Lipinski definition) is 2. The first-order valence-electron chi connectivity index (χ1n) is 5.82. The SMILES string of the molecule is COc1cc(N)ccc1S(=O)(=O)NCC(C)CSC. The Kier molecular flexibility index (Phi) is 5.96. The van der Waals surface area contributed by atoms with E-state index in [0.717, 1.165) is 5.75 Å². The van der Waals surface area contributed by atoms with E-state index < -0.39 is 10.0 Å². The molecule has 0 amide bonds. The van der Waals surface area contributed by atoms with E-state index in [1.807, 2.05) is 13.2 Å². The second-order valence-corrected chi connectivity index (χ2v) is 6.97. The molecule has 0 aliphatic rings. The van der Waals surface area contributed by atoms with Gasteiger partial charge in [0.2, 0.25) is 10.0 Å². The van der Waals surface area contributed by atoms with Gasteiger partial charge in [0.1, 0.15) is 10.6 Å². The van der Waals surface area contributed by atoms with Gasteiger partial charge in [-0.3, -0.25) is 0 Å². The van der Waals surface area contributed by atoms with Gasteiger partial charge in [-0.25, -0.2) is 13.1 Å². The number of nitrogens with two attached hydrogens (primary N) is 1. The first-order valence-corrected chi connectivity index (χ1v) is 8.70. The van der Waals surface area contributed by atoms with Crippen LogP contribution in [0.4, 0.5) is 5.69 Å². The largest absolute Gasteiger partial charge is 0.495 e. The van der Waals surface area contributed by atoms with Crippen LogP contribution in [0.3, 0.4) is 0 Å². The van der Waals surface area contributed by atoms with Gasteiger partial charge < -0.3 is 10.5 Å². The summed E-state index contributed by atoms with van der Waals surface area (Å²) in [4.78, 5) is 0.112. The van der Waals surface area contributed by atoms with E-state index in [2.05, 4.69) is 4.72 Å². The predicted molar refractivity (Wildman–Crippen MR) is 80.1 cm³/mol. The molecular weight excluding hydrogens is 284 g/mol. The first-order chi connectivity index (χ1) is 8.90. The van der Waals surface area contributed by atoms with Crippen LogP contribution in [-0.2, 0) is 10.0 Å². The highest BCUT2D eigenvalue weighted by Crippen LogP contribution is 2.25. The van der Waals surface area contributed by atoms with Crippen LogP contribution in [0.5, 0.6) is 5.75 Å². The van der Waals surface area contributed by atoms with E-state index in [0.29, 0.717) is 12.2 Å². The van der Waals surface area contributed by atoms with Crippen molar-refractivity contribution < 1.29 is 13.2 Å². The zero-order chi connectivity index (χ0) is 14.5. The predicted octanol–water partition coefficient (Wildman–Crippen LogP) is 1.55. The fourth-order valence-corrected chi connectivity index (χ4v) is 3.58. The van der Waals surface area contributed by atoms with Gasteiger partial charge in [-0.15, -0.1) is 0 Å². The molecule has 0 aliphatic carbocycles. The van der Waals surface area contributed by atoms with E-state index in [9.17, 15) is 8.42 Å². The molecule has 0 saturated heterocycles. The Balaban J connectivity index is 2.88. The minimum Gasteiger partial charge on any atom is -0.495 e. The Morgan fingerprint density at radius 2 is 2.16 bits per heavy atom. The summed E-state index contributed by atoms with van der Waals surface area (Å²) in [5, 5.41) is 0. The van der Waals surface area contributed by atoms with E-state index in [1.54, 1.807) is 17.8 Å². The van der Waals surface area contributed by atoms with Crippen molar-refractivity contribution in [2.45, 2.75) is 11.8 Å². The summed E-state index contributed by atoms with van der Waals surface area (Å²) >= 11 is 1.69. The van der Waals surface area contributed by atoms with Crippen LogP contribution >= 0.6 is 11.8 Å². The lowest BCUT2D eigenvalue weighted by Gasteiger charge is -2.14. The molecule has 0 saturated carbocycles. The van der Waals surface area contributed by atoms with Crippen molar-refractivity contribution in [2.75, 3.05) is 31.4 Å². The molecule has 1 atom stereocenters. The number of rotatable bonds is 7. The van der Waals surface area contributed by atoms with Crippen LogP contribution in [0.25, 0.3) is 0 Å². The molecule has 108 valence electrons. The molecule has 5 nitrogen and oxygen atoms in total. The number of nitrogen functional groups attached to an aromatic ring is 1. The molecule has 1 aromatic rings. The summed E-state index contributed by atoms with van der Waals surface area (Å²) in [6, 6.07) is 4.50. The second-order valence-electron chi connectivity index (χ2n) is 4.32. The molecule has 1 aromatic carbocycles. The average Bonchev–Trinajstić information content (AvgIpc) is 2.36. The quantitative estimate of drug-likeness (QED) is 0.747. The Bertz CT molecular complexity index is 518. The first kappa shape index (κ1) is 16.1. The number of hydrogen-bond acceptors (Lipinski definition) is 5. The summed E-state index contributed by atoms with van der Waals surface area (Å²) in [6.07, 6.45) is 1.99. The number of ether oxygens (including phenoxy) is 1. The molecule has 1 unspecified atom stereocenters. The second kappa shape index (κ2) is 7.02. The molecule has 0 aliphatic heterocycles. The zero-order valence-electron chi connectivity index (χ0n) is 11.3. The molecule has 0 radical (unpaired) electrons. The van der Waals surface area contributed by atoms with E-state index in [4.69, 9.17) is 10.5 Å². The molecule has 0 bridgehead atoms. The highest BCUT2D eigenvalue weighted by Gasteiger charge is 2.20. The lowest BCUT2D eigenvalue weighted by Crippen LogP contribution is -2.29. The maximum atomic E-state index is 12.2. The molecule has 3 N–H and O–H groups in total. The average molecular weight is 304 g/mol.